The molecular formula is C24H27ClO7. The van der Waals surface area contributed by atoms with Gasteiger partial charge in [-0.1, -0.05) is 41.8 Å². The predicted molar refractivity (Wildman–Crippen MR) is 119 cm³/mol. The molecule has 1 unspecified atom stereocenters. The van der Waals surface area contributed by atoms with Crippen molar-refractivity contribution in [2.45, 2.75) is 36.9 Å². The van der Waals surface area contributed by atoms with E-state index in [2.05, 4.69) is 5.92 Å². The first-order valence-electron chi connectivity index (χ1n) is 10.3. The Balaban J connectivity index is 1.68. The second-order valence-electron chi connectivity index (χ2n) is 7.53. The standard InChI is InChI=1S/C24H27ClO7/c1-2-9-30-10-11-31-18-6-3-15(4-7-18)12-17-13-16(5-8-19(17)25)24-23(29)22(28)21(27)20(14-26)32-24/h1,3-8,13,20-24,26-29H,9-12,14H2/t20-,21-,22+,23-,24?/m1/s1. The molecule has 0 spiro atoms. The van der Waals surface area contributed by atoms with Crippen LogP contribution in [0, 0.1) is 12.3 Å². The van der Waals surface area contributed by atoms with Gasteiger partial charge in [0.1, 0.15) is 49.5 Å². The summed E-state index contributed by atoms with van der Waals surface area (Å²) in [6.07, 6.45) is -0.417. The lowest BCUT2D eigenvalue weighted by Crippen LogP contribution is -2.55. The van der Waals surface area contributed by atoms with E-state index in [1.165, 1.54) is 0 Å². The zero-order valence-corrected chi connectivity index (χ0v) is 18.2. The summed E-state index contributed by atoms with van der Waals surface area (Å²) in [6.45, 7) is 0.581. The molecule has 0 saturated carbocycles. The minimum Gasteiger partial charge on any atom is -0.491 e. The van der Waals surface area contributed by atoms with Crippen molar-refractivity contribution in [2.24, 2.45) is 0 Å². The molecule has 1 heterocycles. The monoisotopic (exact) mass is 462 g/mol. The number of aliphatic hydroxyl groups excluding tert-OH is 4. The van der Waals surface area contributed by atoms with E-state index in [0.717, 1.165) is 11.1 Å². The van der Waals surface area contributed by atoms with Crippen molar-refractivity contribution >= 4 is 11.6 Å². The number of rotatable bonds is 9. The lowest BCUT2D eigenvalue weighted by atomic mass is 9.90. The predicted octanol–water partition coefficient (Wildman–Crippen LogP) is 1.47. The number of benzene rings is 2. The van der Waals surface area contributed by atoms with Crippen molar-refractivity contribution in [3.8, 4) is 18.1 Å². The van der Waals surface area contributed by atoms with Crippen LogP contribution in [0.1, 0.15) is 22.8 Å². The molecule has 0 radical (unpaired) electrons. The average molecular weight is 463 g/mol. The second kappa shape index (κ2) is 11.6. The van der Waals surface area contributed by atoms with Crippen LogP contribution >= 0.6 is 11.6 Å². The van der Waals surface area contributed by atoms with Gasteiger partial charge in [-0.05, 0) is 41.3 Å². The fourth-order valence-corrected chi connectivity index (χ4v) is 3.74. The highest BCUT2D eigenvalue weighted by molar-refractivity contribution is 6.31. The van der Waals surface area contributed by atoms with Crippen LogP contribution in [0.2, 0.25) is 5.02 Å². The van der Waals surface area contributed by atoms with Gasteiger partial charge < -0.3 is 34.6 Å². The summed E-state index contributed by atoms with van der Waals surface area (Å²) in [5.41, 5.74) is 2.39. The number of hydrogen-bond acceptors (Lipinski definition) is 7. The third-order valence-corrected chi connectivity index (χ3v) is 5.66. The van der Waals surface area contributed by atoms with Crippen LogP contribution < -0.4 is 4.74 Å². The van der Waals surface area contributed by atoms with Crippen LogP contribution in [0.25, 0.3) is 0 Å². The largest absolute Gasteiger partial charge is 0.491 e. The minimum atomic E-state index is -1.44. The molecule has 0 aliphatic carbocycles. The van der Waals surface area contributed by atoms with Crippen LogP contribution in [0.3, 0.4) is 0 Å². The highest BCUT2D eigenvalue weighted by atomic mass is 35.5. The Hall–Kier alpha value is -2.15. The van der Waals surface area contributed by atoms with Gasteiger partial charge in [-0.25, -0.2) is 0 Å². The van der Waals surface area contributed by atoms with Gasteiger partial charge in [-0.3, -0.25) is 0 Å². The van der Waals surface area contributed by atoms with Crippen LogP contribution in [-0.2, 0) is 15.9 Å². The van der Waals surface area contributed by atoms with Crippen LogP contribution in [0.5, 0.6) is 5.75 Å². The molecule has 2 aromatic rings. The lowest BCUT2D eigenvalue weighted by molar-refractivity contribution is -0.231. The molecular weight excluding hydrogens is 436 g/mol. The maximum atomic E-state index is 10.4. The maximum absolute atomic E-state index is 10.4. The highest BCUT2D eigenvalue weighted by Gasteiger charge is 2.44. The summed E-state index contributed by atoms with van der Waals surface area (Å²) in [6, 6.07) is 12.7. The smallest absolute Gasteiger partial charge is 0.119 e. The molecule has 0 aromatic heterocycles. The fraction of sp³-hybridized carbons (Fsp3) is 0.417. The summed E-state index contributed by atoms with van der Waals surface area (Å²) in [5, 5.41) is 40.4. The summed E-state index contributed by atoms with van der Waals surface area (Å²) in [5.74, 6) is 3.10. The van der Waals surface area contributed by atoms with Gasteiger partial charge in [0.15, 0.2) is 0 Å². The topological polar surface area (TPSA) is 109 Å². The van der Waals surface area contributed by atoms with E-state index in [0.29, 0.717) is 36.0 Å². The normalized spacial score (nSPS) is 25.3. The highest BCUT2D eigenvalue weighted by Crippen LogP contribution is 2.34. The van der Waals surface area contributed by atoms with Crippen LogP contribution in [-0.4, -0.2) is 71.3 Å². The van der Waals surface area contributed by atoms with Crippen molar-refractivity contribution in [1.82, 2.24) is 0 Å². The molecule has 2 aromatic carbocycles. The zero-order valence-electron chi connectivity index (χ0n) is 17.4. The summed E-state index contributed by atoms with van der Waals surface area (Å²) >= 11 is 6.39. The van der Waals surface area contributed by atoms with Crippen molar-refractivity contribution in [2.75, 3.05) is 26.4 Å². The number of terminal acetylenes is 1. The Bertz CT molecular complexity index is 910. The summed E-state index contributed by atoms with van der Waals surface area (Å²) < 4.78 is 16.4. The first-order valence-corrected chi connectivity index (χ1v) is 10.6. The molecule has 8 heteroatoms. The molecule has 0 bridgehead atoms. The van der Waals surface area contributed by atoms with E-state index < -0.39 is 37.1 Å². The van der Waals surface area contributed by atoms with Crippen molar-refractivity contribution in [3.63, 3.8) is 0 Å². The Kier molecular flexibility index (Phi) is 8.91. The first kappa shape index (κ1) is 24.5. The van der Waals surface area contributed by atoms with E-state index in [1.54, 1.807) is 18.2 Å². The Morgan fingerprint density at radius 1 is 1.00 bits per heavy atom. The molecule has 172 valence electrons. The van der Waals surface area contributed by atoms with Crippen LogP contribution in [0.15, 0.2) is 42.5 Å². The van der Waals surface area contributed by atoms with E-state index in [4.69, 9.17) is 32.2 Å². The lowest BCUT2D eigenvalue weighted by Gasteiger charge is -2.40. The number of ether oxygens (including phenoxy) is 3. The molecule has 1 aliphatic heterocycles. The fourth-order valence-electron chi connectivity index (χ4n) is 3.56. The molecule has 1 fully saturated rings. The number of aliphatic hydroxyl groups is 4. The van der Waals surface area contributed by atoms with Crippen molar-refractivity contribution in [1.29, 1.82) is 0 Å². The van der Waals surface area contributed by atoms with E-state index in [1.807, 2.05) is 24.3 Å². The van der Waals surface area contributed by atoms with Gasteiger partial charge >= 0.3 is 0 Å². The van der Waals surface area contributed by atoms with Crippen molar-refractivity contribution < 1.29 is 34.6 Å². The number of hydrogen-bond donors (Lipinski definition) is 4. The summed E-state index contributed by atoms with van der Waals surface area (Å²) in [7, 11) is 0. The zero-order chi connectivity index (χ0) is 23.1. The van der Waals surface area contributed by atoms with Crippen LogP contribution in [0.4, 0.5) is 0 Å². The first-order chi connectivity index (χ1) is 15.4. The molecule has 3 rings (SSSR count). The van der Waals surface area contributed by atoms with Gasteiger partial charge in [0.05, 0.1) is 13.2 Å². The van der Waals surface area contributed by atoms with Gasteiger partial charge in [0.2, 0.25) is 0 Å². The third-order valence-electron chi connectivity index (χ3n) is 5.29. The summed E-state index contributed by atoms with van der Waals surface area (Å²) in [4.78, 5) is 0. The molecule has 5 atom stereocenters. The molecule has 0 amide bonds. The van der Waals surface area contributed by atoms with Gasteiger partial charge in [0.25, 0.3) is 0 Å². The van der Waals surface area contributed by atoms with E-state index in [9.17, 15) is 20.4 Å². The quantitative estimate of drug-likeness (QED) is 0.330. The molecule has 7 nitrogen and oxygen atoms in total. The molecule has 4 N–H and O–H groups in total. The Labute approximate surface area is 192 Å². The number of halogens is 1. The molecule has 32 heavy (non-hydrogen) atoms. The minimum absolute atomic E-state index is 0.255. The SMILES string of the molecule is C#CCOCCOc1ccc(Cc2cc(C3O[C@H](CO)[C@@H](O)[C@H](O)[C@H]3O)ccc2Cl)cc1. The van der Waals surface area contributed by atoms with Crippen molar-refractivity contribution in [3.05, 3.63) is 64.2 Å². The van der Waals surface area contributed by atoms with Gasteiger partial charge in [-0.15, -0.1) is 6.42 Å². The maximum Gasteiger partial charge on any atom is 0.119 e. The van der Waals surface area contributed by atoms with Gasteiger partial charge in [-0.2, -0.15) is 0 Å². The Morgan fingerprint density at radius 3 is 2.44 bits per heavy atom. The second-order valence-corrected chi connectivity index (χ2v) is 7.93. The van der Waals surface area contributed by atoms with Gasteiger partial charge in [0, 0.05) is 5.02 Å². The molecule has 1 aliphatic rings. The van der Waals surface area contributed by atoms with E-state index in [-0.39, 0.29) is 6.61 Å². The van der Waals surface area contributed by atoms with E-state index >= 15 is 0 Å². The third kappa shape index (κ3) is 6.00. The average Bonchev–Trinajstić information content (AvgIpc) is 2.80. The molecule has 1 saturated heterocycles. The Morgan fingerprint density at radius 2 is 1.75 bits per heavy atom.